The minimum absolute atomic E-state index is 0.170. The quantitative estimate of drug-likeness (QED) is 0.367. The first-order valence-corrected chi connectivity index (χ1v) is 10.7. The molecule has 0 spiro atoms. The first-order valence-electron chi connectivity index (χ1n) is 10.7. The third-order valence-electron chi connectivity index (χ3n) is 5.97. The Morgan fingerprint density at radius 3 is 2.85 bits per heavy atom. The number of aromatic nitrogens is 7. The number of alkyl halides is 1. The van der Waals surface area contributed by atoms with Crippen LogP contribution in [-0.4, -0.2) is 52.1 Å². The topological polar surface area (TPSA) is 127 Å². The lowest BCUT2D eigenvalue weighted by atomic mass is 10.3. The molecule has 5 aromatic rings. The second kappa shape index (κ2) is 7.27. The van der Waals surface area contributed by atoms with Gasteiger partial charge in [0.1, 0.15) is 11.9 Å². The number of fused-ring (bicyclic) bond motifs is 3. The number of aromatic amines is 1. The SMILES string of the molecule is Cc1cc(-n2cccc(Nc3nn4c(C(=O)N[C@@H]5C[C@@H]5F)cnc4c4[nH]ccc34)c2=O)nn1C. The Bertz CT molecular complexity index is 1620. The fraction of sp³-hybridized carbons (Fsp3) is 0.227. The van der Waals surface area contributed by atoms with E-state index in [2.05, 4.69) is 30.8 Å². The molecule has 1 saturated carbocycles. The van der Waals surface area contributed by atoms with Crippen LogP contribution in [0.2, 0.25) is 0 Å². The Balaban J connectivity index is 1.43. The van der Waals surface area contributed by atoms with Crippen LogP contribution in [0, 0.1) is 6.92 Å². The monoisotopic (exact) mass is 461 g/mol. The molecule has 3 N–H and O–H groups in total. The Kier molecular flexibility index (Phi) is 4.31. The number of hydrogen-bond acceptors (Lipinski definition) is 6. The first-order chi connectivity index (χ1) is 16.4. The van der Waals surface area contributed by atoms with E-state index in [1.54, 1.807) is 35.3 Å². The Labute approximate surface area is 191 Å². The number of imidazole rings is 1. The molecule has 11 nitrogen and oxygen atoms in total. The van der Waals surface area contributed by atoms with E-state index in [0.717, 1.165) is 5.69 Å². The van der Waals surface area contributed by atoms with Crippen molar-refractivity contribution < 1.29 is 9.18 Å². The van der Waals surface area contributed by atoms with Crippen molar-refractivity contribution in [2.24, 2.45) is 7.05 Å². The molecule has 0 radical (unpaired) electrons. The van der Waals surface area contributed by atoms with Gasteiger partial charge in [-0.1, -0.05) is 0 Å². The van der Waals surface area contributed by atoms with Crippen molar-refractivity contribution in [1.82, 2.24) is 39.2 Å². The summed E-state index contributed by atoms with van der Waals surface area (Å²) in [5.41, 5.74) is 2.14. The highest BCUT2D eigenvalue weighted by Crippen LogP contribution is 2.28. The molecule has 34 heavy (non-hydrogen) atoms. The number of hydrogen-bond donors (Lipinski definition) is 3. The van der Waals surface area contributed by atoms with Gasteiger partial charge in [0.15, 0.2) is 23.0 Å². The van der Waals surface area contributed by atoms with Gasteiger partial charge in [-0.25, -0.2) is 13.9 Å². The number of carbonyl (C=O) groups excluding carboxylic acids is 1. The van der Waals surface area contributed by atoms with E-state index in [1.165, 1.54) is 15.3 Å². The molecule has 1 amide bonds. The normalized spacial score (nSPS) is 17.4. The van der Waals surface area contributed by atoms with Crippen LogP contribution in [0.15, 0.2) is 47.7 Å². The molecule has 0 bridgehead atoms. The zero-order chi connectivity index (χ0) is 23.6. The van der Waals surface area contributed by atoms with Crippen LogP contribution in [0.25, 0.3) is 22.4 Å². The van der Waals surface area contributed by atoms with Crippen LogP contribution in [0.5, 0.6) is 0 Å². The minimum Gasteiger partial charge on any atom is -0.358 e. The van der Waals surface area contributed by atoms with Gasteiger partial charge in [-0.05, 0) is 25.1 Å². The summed E-state index contributed by atoms with van der Waals surface area (Å²) in [6.45, 7) is 1.90. The highest BCUT2D eigenvalue weighted by atomic mass is 19.1. The van der Waals surface area contributed by atoms with Crippen molar-refractivity contribution in [3.8, 4) is 5.82 Å². The van der Waals surface area contributed by atoms with Gasteiger partial charge in [-0.2, -0.15) is 5.10 Å². The lowest BCUT2D eigenvalue weighted by molar-refractivity contribution is 0.0940. The molecule has 1 fully saturated rings. The van der Waals surface area contributed by atoms with Crippen LogP contribution in [0.1, 0.15) is 22.6 Å². The average molecular weight is 461 g/mol. The number of halogens is 1. The van der Waals surface area contributed by atoms with Crippen molar-refractivity contribution in [3.05, 3.63) is 64.6 Å². The summed E-state index contributed by atoms with van der Waals surface area (Å²) in [6, 6.07) is 6.52. The molecule has 172 valence electrons. The highest BCUT2D eigenvalue weighted by molar-refractivity contribution is 6.01. The third-order valence-corrected chi connectivity index (χ3v) is 5.97. The highest BCUT2D eigenvalue weighted by Gasteiger charge is 2.39. The molecule has 0 unspecified atom stereocenters. The summed E-state index contributed by atoms with van der Waals surface area (Å²) >= 11 is 0. The number of nitrogens with zero attached hydrogens (tertiary/aromatic N) is 6. The molecule has 6 rings (SSSR count). The average Bonchev–Trinajstić information content (AvgIpc) is 3.21. The fourth-order valence-corrected chi connectivity index (χ4v) is 3.88. The van der Waals surface area contributed by atoms with Gasteiger partial charge >= 0.3 is 0 Å². The number of H-pyrrole nitrogens is 1. The predicted molar refractivity (Wildman–Crippen MR) is 122 cm³/mol. The number of nitrogens with one attached hydrogen (secondary N) is 3. The summed E-state index contributed by atoms with van der Waals surface area (Å²) in [4.78, 5) is 33.3. The number of pyridine rings is 1. The second-order valence-corrected chi connectivity index (χ2v) is 8.31. The maximum Gasteiger partial charge on any atom is 0.280 e. The molecule has 5 heterocycles. The van der Waals surface area contributed by atoms with Crippen molar-refractivity contribution in [3.63, 3.8) is 0 Å². The number of amides is 1. The fourth-order valence-electron chi connectivity index (χ4n) is 3.88. The zero-order valence-corrected chi connectivity index (χ0v) is 18.3. The first kappa shape index (κ1) is 20.1. The van der Waals surface area contributed by atoms with Gasteiger partial charge in [-0.3, -0.25) is 18.8 Å². The number of rotatable bonds is 5. The van der Waals surface area contributed by atoms with Crippen LogP contribution in [0.4, 0.5) is 15.9 Å². The van der Waals surface area contributed by atoms with E-state index in [9.17, 15) is 14.0 Å². The molecule has 5 aromatic heterocycles. The van der Waals surface area contributed by atoms with Crippen LogP contribution < -0.4 is 16.2 Å². The lowest BCUT2D eigenvalue weighted by Crippen LogP contribution is -2.28. The van der Waals surface area contributed by atoms with E-state index in [0.29, 0.717) is 34.6 Å². The largest absolute Gasteiger partial charge is 0.358 e. The van der Waals surface area contributed by atoms with Gasteiger partial charge in [0.05, 0.1) is 17.8 Å². The molecule has 0 saturated heterocycles. The van der Waals surface area contributed by atoms with Crippen molar-refractivity contribution in [1.29, 1.82) is 0 Å². The number of carbonyl (C=O) groups is 1. The van der Waals surface area contributed by atoms with Crippen LogP contribution >= 0.6 is 0 Å². The maximum atomic E-state index is 13.3. The summed E-state index contributed by atoms with van der Waals surface area (Å²) in [6.07, 6.45) is 4.05. The lowest BCUT2D eigenvalue weighted by Gasteiger charge is -2.10. The minimum atomic E-state index is -1.02. The van der Waals surface area contributed by atoms with Crippen molar-refractivity contribution in [2.45, 2.75) is 25.6 Å². The van der Waals surface area contributed by atoms with E-state index in [-0.39, 0.29) is 16.9 Å². The summed E-state index contributed by atoms with van der Waals surface area (Å²) in [7, 11) is 1.81. The molecule has 0 aromatic carbocycles. The number of anilines is 2. The summed E-state index contributed by atoms with van der Waals surface area (Å²) in [5, 5.41) is 15.4. The molecular weight excluding hydrogens is 441 g/mol. The van der Waals surface area contributed by atoms with Gasteiger partial charge in [0.2, 0.25) is 0 Å². The third kappa shape index (κ3) is 3.14. The van der Waals surface area contributed by atoms with Gasteiger partial charge in [0, 0.05) is 43.0 Å². The predicted octanol–water partition coefficient (Wildman–Crippen LogP) is 1.99. The second-order valence-electron chi connectivity index (χ2n) is 8.31. The van der Waals surface area contributed by atoms with E-state index >= 15 is 0 Å². The van der Waals surface area contributed by atoms with E-state index in [4.69, 9.17) is 0 Å². The molecule has 2 atom stereocenters. The van der Waals surface area contributed by atoms with Gasteiger partial charge in [0.25, 0.3) is 11.5 Å². The Hall–Kier alpha value is -4.48. The van der Waals surface area contributed by atoms with Gasteiger partial charge < -0.3 is 15.6 Å². The molecular formula is C22H20FN9O2. The number of aryl methyl sites for hydroxylation is 2. The molecule has 12 heteroatoms. The summed E-state index contributed by atoms with van der Waals surface area (Å²) < 4.78 is 17.8. The molecule has 1 aliphatic carbocycles. The standard InChI is InChI=1S/C22H20FN9O2/c1-11-8-17(28-30(11)2)31-7-3-4-14(22(31)34)26-19-12-5-6-24-18(12)20-25-10-16(32(20)29-19)21(33)27-15-9-13(15)23/h3-8,10,13,15,24H,9H2,1-2H3,(H,26,29)(H,27,33)/t13-,15+/m0/s1. The van der Waals surface area contributed by atoms with E-state index in [1.807, 2.05) is 20.0 Å². The van der Waals surface area contributed by atoms with Crippen molar-refractivity contribution in [2.75, 3.05) is 5.32 Å². The molecule has 1 aliphatic rings. The van der Waals surface area contributed by atoms with Gasteiger partial charge in [-0.15, -0.1) is 5.10 Å². The summed E-state index contributed by atoms with van der Waals surface area (Å²) in [5.74, 6) is 0.399. The zero-order valence-electron chi connectivity index (χ0n) is 18.3. The molecule has 0 aliphatic heterocycles. The Morgan fingerprint density at radius 2 is 2.12 bits per heavy atom. The smallest absolute Gasteiger partial charge is 0.280 e. The van der Waals surface area contributed by atoms with Crippen molar-refractivity contribution >= 4 is 34.0 Å². The van der Waals surface area contributed by atoms with Crippen LogP contribution in [0.3, 0.4) is 0 Å². The maximum absolute atomic E-state index is 13.3. The van der Waals surface area contributed by atoms with Crippen LogP contribution in [-0.2, 0) is 7.05 Å². The Morgan fingerprint density at radius 1 is 1.29 bits per heavy atom. The van der Waals surface area contributed by atoms with E-state index < -0.39 is 18.1 Å².